The highest BCUT2D eigenvalue weighted by Crippen LogP contribution is 2.12. The highest BCUT2D eigenvalue weighted by Gasteiger charge is 2.18. The van der Waals surface area contributed by atoms with Crippen molar-refractivity contribution >= 4 is 5.91 Å². The topological polar surface area (TPSA) is 71.7 Å². The Labute approximate surface area is 113 Å². The zero-order valence-corrected chi connectivity index (χ0v) is 11.2. The smallest absolute Gasteiger partial charge is 0.231 e. The van der Waals surface area contributed by atoms with Crippen LogP contribution in [0.1, 0.15) is 5.56 Å². The van der Waals surface area contributed by atoms with Crippen molar-refractivity contribution in [2.45, 2.75) is 6.54 Å². The molecule has 1 amide bonds. The fourth-order valence-corrected chi connectivity index (χ4v) is 2.24. The maximum atomic E-state index is 10.9. The standard InChI is InChI=1S/C13H20N4O2/c1-19-13-8-11(2-3-15-13)9-16-4-6-17(7-5-16)10-12(14)18/h2-3,8H,4-7,9-10H2,1H3,(H2,14,18). The lowest BCUT2D eigenvalue weighted by Crippen LogP contribution is -2.48. The van der Waals surface area contributed by atoms with E-state index < -0.39 is 0 Å². The van der Waals surface area contributed by atoms with E-state index in [1.807, 2.05) is 12.1 Å². The second kappa shape index (κ2) is 6.49. The van der Waals surface area contributed by atoms with E-state index >= 15 is 0 Å². The number of nitrogens with two attached hydrogens (primary N) is 1. The monoisotopic (exact) mass is 264 g/mol. The largest absolute Gasteiger partial charge is 0.481 e. The lowest BCUT2D eigenvalue weighted by atomic mass is 10.2. The van der Waals surface area contributed by atoms with E-state index in [4.69, 9.17) is 10.5 Å². The van der Waals surface area contributed by atoms with E-state index in [2.05, 4.69) is 14.8 Å². The molecule has 1 aromatic rings. The maximum Gasteiger partial charge on any atom is 0.231 e. The molecule has 2 rings (SSSR count). The minimum absolute atomic E-state index is 0.257. The van der Waals surface area contributed by atoms with Crippen molar-refractivity contribution in [3.63, 3.8) is 0 Å². The molecular weight excluding hydrogens is 244 g/mol. The number of aromatic nitrogens is 1. The predicted molar refractivity (Wildman–Crippen MR) is 71.7 cm³/mol. The average Bonchev–Trinajstić information content (AvgIpc) is 2.41. The molecule has 6 nitrogen and oxygen atoms in total. The normalized spacial score (nSPS) is 17.3. The van der Waals surface area contributed by atoms with Crippen LogP contribution in [0.2, 0.25) is 0 Å². The molecule has 0 spiro atoms. The first kappa shape index (κ1) is 13.8. The van der Waals surface area contributed by atoms with Crippen LogP contribution in [0.5, 0.6) is 5.88 Å². The molecule has 1 fully saturated rings. The van der Waals surface area contributed by atoms with E-state index in [1.165, 1.54) is 5.56 Å². The molecule has 6 heteroatoms. The molecule has 1 aliphatic heterocycles. The van der Waals surface area contributed by atoms with Gasteiger partial charge in [0.2, 0.25) is 11.8 Å². The van der Waals surface area contributed by atoms with E-state index in [-0.39, 0.29) is 5.91 Å². The Bertz CT molecular complexity index is 430. The third-order valence-corrected chi connectivity index (χ3v) is 3.26. The van der Waals surface area contributed by atoms with Gasteiger partial charge in [-0.2, -0.15) is 0 Å². The van der Waals surface area contributed by atoms with Gasteiger partial charge in [-0.3, -0.25) is 14.6 Å². The predicted octanol–water partition coefficient (Wildman–Crippen LogP) is -0.307. The molecule has 0 radical (unpaired) electrons. The van der Waals surface area contributed by atoms with Crippen LogP contribution in [0, 0.1) is 0 Å². The van der Waals surface area contributed by atoms with Crippen LogP contribution < -0.4 is 10.5 Å². The number of pyridine rings is 1. The van der Waals surface area contributed by atoms with Crippen LogP contribution in [-0.2, 0) is 11.3 Å². The zero-order valence-electron chi connectivity index (χ0n) is 11.2. The number of primary amides is 1. The molecule has 1 aromatic heterocycles. The number of rotatable bonds is 5. The van der Waals surface area contributed by atoms with Gasteiger partial charge in [-0.25, -0.2) is 4.98 Å². The van der Waals surface area contributed by atoms with Gasteiger partial charge in [-0.1, -0.05) is 0 Å². The molecule has 104 valence electrons. The summed E-state index contributed by atoms with van der Waals surface area (Å²) in [5.41, 5.74) is 6.39. The first-order chi connectivity index (χ1) is 9.17. The van der Waals surface area contributed by atoms with Crippen molar-refractivity contribution in [1.29, 1.82) is 0 Å². The van der Waals surface area contributed by atoms with Gasteiger partial charge in [-0.05, 0) is 11.6 Å². The van der Waals surface area contributed by atoms with Gasteiger partial charge in [0.25, 0.3) is 0 Å². The lowest BCUT2D eigenvalue weighted by molar-refractivity contribution is -0.119. The van der Waals surface area contributed by atoms with Gasteiger partial charge in [0.1, 0.15) is 0 Å². The number of nitrogens with zero attached hydrogens (tertiary/aromatic N) is 3. The highest BCUT2D eigenvalue weighted by molar-refractivity contribution is 5.75. The van der Waals surface area contributed by atoms with Crippen LogP contribution in [0.3, 0.4) is 0 Å². The van der Waals surface area contributed by atoms with Gasteiger partial charge in [0.05, 0.1) is 13.7 Å². The summed E-state index contributed by atoms with van der Waals surface area (Å²) >= 11 is 0. The van der Waals surface area contributed by atoms with Crippen molar-refractivity contribution in [2.24, 2.45) is 5.73 Å². The van der Waals surface area contributed by atoms with E-state index in [0.29, 0.717) is 12.4 Å². The summed E-state index contributed by atoms with van der Waals surface area (Å²) in [6, 6.07) is 3.95. The third kappa shape index (κ3) is 4.18. The lowest BCUT2D eigenvalue weighted by Gasteiger charge is -2.33. The Morgan fingerprint density at radius 3 is 2.68 bits per heavy atom. The summed E-state index contributed by atoms with van der Waals surface area (Å²) in [5, 5.41) is 0. The molecule has 0 atom stereocenters. The molecule has 0 saturated carbocycles. The van der Waals surface area contributed by atoms with Crippen LogP contribution in [-0.4, -0.2) is 60.5 Å². The minimum atomic E-state index is -0.257. The Morgan fingerprint density at radius 1 is 1.37 bits per heavy atom. The number of hydrogen-bond acceptors (Lipinski definition) is 5. The number of piperazine rings is 1. The zero-order chi connectivity index (χ0) is 13.7. The molecule has 2 N–H and O–H groups in total. The van der Waals surface area contributed by atoms with E-state index in [1.54, 1.807) is 13.3 Å². The maximum absolute atomic E-state index is 10.9. The third-order valence-electron chi connectivity index (χ3n) is 3.26. The van der Waals surface area contributed by atoms with Crippen molar-refractivity contribution in [2.75, 3.05) is 39.8 Å². The Hall–Kier alpha value is -1.66. The first-order valence-corrected chi connectivity index (χ1v) is 6.39. The van der Waals surface area contributed by atoms with Crippen molar-refractivity contribution in [3.8, 4) is 5.88 Å². The van der Waals surface area contributed by atoms with E-state index in [9.17, 15) is 4.79 Å². The molecule has 19 heavy (non-hydrogen) atoms. The second-order valence-corrected chi connectivity index (χ2v) is 4.73. The molecule has 1 saturated heterocycles. The van der Waals surface area contributed by atoms with Crippen LogP contribution in [0.25, 0.3) is 0 Å². The van der Waals surface area contributed by atoms with E-state index in [0.717, 1.165) is 32.7 Å². The van der Waals surface area contributed by atoms with Crippen molar-refractivity contribution < 1.29 is 9.53 Å². The quantitative estimate of drug-likeness (QED) is 0.790. The number of carbonyl (C=O) groups excluding carboxylic acids is 1. The van der Waals surface area contributed by atoms with Gasteiger partial charge in [-0.15, -0.1) is 0 Å². The second-order valence-electron chi connectivity index (χ2n) is 4.73. The number of hydrogen-bond donors (Lipinski definition) is 1. The van der Waals surface area contributed by atoms with Crippen LogP contribution in [0.4, 0.5) is 0 Å². The number of carbonyl (C=O) groups is 1. The summed E-state index contributed by atoms with van der Waals surface area (Å²) in [6.07, 6.45) is 1.76. The van der Waals surface area contributed by atoms with Gasteiger partial charge >= 0.3 is 0 Å². The summed E-state index contributed by atoms with van der Waals surface area (Å²) in [5.74, 6) is 0.386. The highest BCUT2D eigenvalue weighted by atomic mass is 16.5. The fraction of sp³-hybridized carbons (Fsp3) is 0.538. The van der Waals surface area contributed by atoms with Gasteiger partial charge < -0.3 is 10.5 Å². The molecular formula is C13H20N4O2. The summed E-state index contributed by atoms with van der Waals surface area (Å²) in [4.78, 5) is 19.4. The summed E-state index contributed by atoms with van der Waals surface area (Å²) < 4.78 is 5.12. The number of amides is 1. The van der Waals surface area contributed by atoms with Crippen molar-refractivity contribution in [1.82, 2.24) is 14.8 Å². The molecule has 1 aliphatic rings. The Balaban J connectivity index is 1.83. The average molecular weight is 264 g/mol. The van der Waals surface area contributed by atoms with Crippen LogP contribution in [0.15, 0.2) is 18.3 Å². The molecule has 0 aliphatic carbocycles. The molecule has 0 unspecified atom stereocenters. The fourth-order valence-electron chi connectivity index (χ4n) is 2.24. The number of methoxy groups -OCH3 is 1. The van der Waals surface area contributed by atoms with Gasteiger partial charge in [0, 0.05) is 45.0 Å². The Morgan fingerprint density at radius 2 is 2.05 bits per heavy atom. The minimum Gasteiger partial charge on any atom is -0.481 e. The van der Waals surface area contributed by atoms with Gasteiger partial charge in [0.15, 0.2) is 0 Å². The summed E-state index contributed by atoms with van der Waals surface area (Å²) in [6.45, 7) is 4.88. The first-order valence-electron chi connectivity index (χ1n) is 6.39. The molecule has 0 aromatic carbocycles. The number of ether oxygens (including phenoxy) is 1. The van der Waals surface area contributed by atoms with Crippen LogP contribution >= 0.6 is 0 Å². The summed E-state index contributed by atoms with van der Waals surface area (Å²) in [7, 11) is 1.62. The Kier molecular flexibility index (Phi) is 4.70. The van der Waals surface area contributed by atoms with Crippen molar-refractivity contribution in [3.05, 3.63) is 23.9 Å². The molecule has 0 bridgehead atoms. The SMILES string of the molecule is COc1cc(CN2CCN(CC(N)=O)CC2)ccn1. The molecule has 2 heterocycles.